The van der Waals surface area contributed by atoms with Gasteiger partial charge in [0.25, 0.3) is 5.91 Å². The molecular formula is C26H25ClN2O4S2. The molecule has 6 rings (SSSR count). The van der Waals surface area contributed by atoms with Crippen molar-refractivity contribution in [2.75, 3.05) is 19.0 Å². The lowest BCUT2D eigenvalue weighted by molar-refractivity contribution is -0.118. The lowest BCUT2D eigenvalue weighted by atomic mass is 9.75. The van der Waals surface area contributed by atoms with Gasteiger partial charge >= 0.3 is 4.87 Å². The van der Waals surface area contributed by atoms with Gasteiger partial charge in [0.05, 0.1) is 12.1 Å². The molecule has 6 nitrogen and oxygen atoms in total. The number of methoxy groups -OCH3 is 1. The van der Waals surface area contributed by atoms with Gasteiger partial charge in [-0.2, -0.15) is 0 Å². The highest BCUT2D eigenvalue weighted by Crippen LogP contribution is 2.63. The number of carbonyl (C=O) groups excluding carboxylic acids is 1. The van der Waals surface area contributed by atoms with Crippen LogP contribution in [0.2, 0.25) is 5.02 Å². The van der Waals surface area contributed by atoms with Crippen molar-refractivity contribution in [1.82, 2.24) is 4.98 Å². The van der Waals surface area contributed by atoms with Gasteiger partial charge in [-0.1, -0.05) is 29.0 Å². The fourth-order valence-corrected chi connectivity index (χ4v) is 9.11. The number of halogens is 1. The molecule has 5 atom stereocenters. The number of benzene rings is 2. The van der Waals surface area contributed by atoms with Crippen LogP contribution in [0.1, 0.15) is 35.6 Å². The molecule has 0 saturated heterocycles. The number of H-pyrrole nitrogens is 1. The maximum absolute atomic E-state index is 12.4. The number of amides is 1. The van der Waals surface area contributed by atoms with Gasteiger partial charge in [-0.25, -0.2) is 0 Å². The number of thiazole rings is 1. The van der Waals surface area contributed by atoms with Gasteiger partial charge < -0.3 is 19.8 Å². The van der Waals surface area contributed by atoms with Crippen molar-refractivity contribution < 1.29 is 14.3 Å². The number of nitrogens with one attached hydrogen (secondary N) is 2. The fraction of sp³-hybridized carbons (Fsp3) is 0.385. The number of carbonyl (C=O) groups is 1. The highest BCUT2D eigenvalue weighted by molar-refractivity contribution is 8.00. The van der Waals surface area contributed by atoms with E-state index in [-0.39, 0.29) is 23.3 Å². The minimum atomic E-state index is -0.269. The quantitative estimate of drug-likeness (QED) is 0.424. The van der Waals surface area contributed by atoms with E-state index < -0.39 is 0 Å². The van der Waals surface area contributed by atoms with Crippen LogP contribution < -0.4 is 19.7 Å². The smallest absolute Gasteiger partial charge is 0.305 e. The SMILES string of the molecule is COc1cc([C@@H]2c3sc(=O)[nH]c3S[C@@H]3[C@H]4CC[C@@H](C4)[C@@H]23)ccc1OCC(=O)Nc1ccc(Cl)cc1. The van der Waals surface area contributed by atoms with Crippen molar-refractivity contribution in [3.05, 3.63) is 67.6 Å². The first-order valence-electron chi connectivity index (χ1n) is 11.8. The van der Waals surface area contributed by atoms with E-state index in [4.69, 9.17) is 21.1 Å². The Morgan fingerprint density at radius 1 is 1.14 bits per heavy atom. The number of thioether (sulfide) groups is 1. The molecule has 9 heteroatoms. The molecule has 35 heavy (non-hydrogen) atoms. The number of aromatic nitrogens is 1. The number of hydrogen-bond acceptors (Lipinski definition) is 6. The molecule has 2 N–H and O–H groups in total. The summed E-state index contributed by atoms with van der Waals surface area (Å²) in [7, 11) is 1.61. The van der Waals surface area contributed by atoms with E-state index in [1.165, 1.54) is 30.6 Å². The first-order chi connectivity index (χ1) is 17.0. The van der Waals surface area contributed by atoms with E-state index in [9.17, 15) is 9.59 Å². The van der Waals surface area contributed by atoms with Gasteiger partial charge in [-0.05, 0) is 79.0 Å². The molecule has 0 radical (unpaired) electrons. The largest absolute Gasteiger partial charge is 0.493 e. The predicted molar refractivity (Wildman–Crippen MR) is 139 cm³/mol. The molecule has 2 saturated carbocycles. The lowest BCUT2D eigenvalue weighted by Crippen LogP contribution is -2.33. The van der Waals surface area contributed by atoms with Crippen LogP contribution in [0, 0.1) is 17.8 Å². The number of fused-ring (bicyclic) bond motifs is 6. The number of ether oxygens (including phenoxy) is 2. The third-order valence-corrected chi connectivity index (χ3v) is 10.4. The number of aromatic amines is 1. The van der Waals surface area contributed by atoms with Crippen molar-refractivity contribution in [3.8, 4) is 11.5 Å². The van der Waals surface area contributed by atoms with Gasteiger partial charge in [0.15, 0.2) is 18.1 Å². The number of hydrogen-bond donors (Lipinski definition) is 2. The van der Waals surface area contributed by atoms with Crippen molar-refractivity contribution in [1.29, 1.82) is 0 Å². The van der Waals surface area contributed by atoms with E-state index >= 15 is 0 Å². The summed E-state index contributed by atoms with van der Waals surface area (Å²) in [5, 5.41) is 4.99. The summed E-state index contributed by atoms with van der Waals surface area (Å²) in [6.45, 7) is -0.142. The van der Waals surface area contributed by atoms with Gasteiger partial charge in [0.1, 0.15) is 0 Å². The molecule has 2 heterocycles. The highest BCUT2D eigenvalue weighted by Gasteiger charge is 2.54. The highest BCUT2D eigenvalue weighted by atomic mass is 35.5. The average molecular weight is 529 g/mol. The Balaban J connectivity index is 1.24. The molecule has 2 aromatic carbocycles. The Morgan fingerprint density at radius 2 is 1.94 bits per heavy atom. The van der Waals surface area contributed by atoms with E-state index in [1.807, 2.05) is 23.9 Å². The molecule has 2 bridgehead atoms. The molecule has 3 aromatic rings. The van der Waals surface area contributed by atoms with E-state index in [0.717, 1.165) is 21.4 Å². The van der Waals surface area contributed by atoms with Crippen LogP contribution in [0.3, 0.4) is 0 Å². The second kappa shape index (κ2) is 9.22. The van der Waals surface area contributed by atoms with Gasteiger partial charge in [-0.15, -0.1) is 11.8 Å². The van der Waals surface area contributed by atoms with Crippen LogP contribution >= 0.6 is 34.7 Å². The molecule has 1 aromatic heterocycles. The number of rotatable bonds is 6. The van der Waals surface area contributed by atoms with Gasteiger partial charge in [0, 0.05) is 26.8 Å². The standard InChI is InChI=1S/C26H25ClN2O4S2/c1-32-19-11-14(4-9-18(19)33-12-20(30)28-17-7-5-16(27)6-8-17)22-21-13-2-3-15(10-13)23(21)34-25-24(22)35-26(31)29-25/h4-9,11,13,15,21-23H,2-3,10,12H2,1H3,(H,28,30)(H,29,31)/t13-,15-,21-,22-,23+/m0/s1. The van der Waals surface area contributed by atoms with Crippen LogP contribution in [0.4, 0.5) is 5.69 Å². The summed E-state index contributed by atoms with van der Waals surface area (Å²) in [6.07, 6.45) is 3.86. The van der Waals surface area contributed by atoms with Crippen molar-refractivity contribution in [2.24, 2.45) is 17.8 Å². The Hall–Kier alpha value is -2.42. The van der Waals surface area contributed by atoms with Crippen molar-refractivity contribution in [2.45, 2.75) is 35.5 Å². The fourth-order valence-electron chi connectivity index (χ4n) is 6.09. The molecule has 2 aliphatic carbocycles. The molecule has 3 aliphatic rings. The van der Waals surface area contributed by atoms with Gasteiger partial charge in [0.2, 0.25) is 0 Å². The Bertz CT molecular complexity index is 1320. The molecular weight excluding hydrogens is 504 g/mol. The zero-order valence-electron chi connectivity index (χ0n) is 19.1. The molecule has 0 unspecified atom stereocenters. The summed E-state index contributed by atoms with van der Waals surface area (Å²) < 4.78 is 11.5. The summed E-state index contributed by atoms with van der Waals surface area (Å²) in [5.74, 6) is 2.97. The Morgan fingerprint density at radius 3 is 2.74 bits per heavy atom. The maximum atomic E-state index is 12.4. The average Bonchev–Trinajstić information content (AvgIpc) is 3.57. The molecule has 182 valence electrons. The van der Waals surface area contributed by atoms with Crippen LogP contribution in [-0.4, -0.2) is 29.9 Å². The van der Waals surface area contributed by atoms with E-state index in [1.54, 1.807) is 31.4 Å². The van der Waals surface area contributed by atoms with Crippen LogP contribution in [0.5, 0.6) is 11.5 Å². The normalized spacial score (nSPS) is 26.2. The monoisotopic (exact) mass is 528 g/mol. The summed E-state index contributed by atoms with van der Waals surface area (Å²) in [6, 6.07) is 12.9. The third kappa shape index (κ3) is 4.26. The Kier molecular flexibility index (Phi) is 6.06. The van der Waals surface area contributed by atoms with Crippen molar-refractivity contribution >= 4 is 46.3 Å². The molecule has 1 aliphatic heterocycles. The van der Waals surface area contributed by atoms with Crippen molar-refractivity contribution in [3.63, 3.8) is 0 Å². The van der Waals surface area contributed by atoms with Crippen LogP contribution in [-0.2, 0) is 4.79 Å². The van der Waals surface area contributed by atoms with E-state index in [2.05, 4.69) is 16.4 Å². The summed E-state index contributed by atoms with van der Waals surface area (Å²) in [4.78, 5) is 28.9. The lowest BCUT2D eigenvalue weighted by Gasteiger charge is -2.40. The second-order valence-corrected chi connectivity index (χ2v) is 12.1. The zero-order chi connectivity index (χ0) is 24.1. The predicted octanol–water partition coefficient (Wildman–Crippen LogP) is 5.77. The first-order valence-corrected chi connectivity index (χ1v) is 13.8. The summed E-state index contributed by atoms with van der Waals surface area (Å²) in [5.41, 5.74) is 1.79. The molecule has 2 fully saturated rings. The molecule has 0 spiro atoms. The van der Waals surface area contributed by atoms with E-state index in [0.29, 0.717) is 39.3 Å². The molecule has 1 amide bonds. The second-order valence-electron chi connectivity index (χ2n) is 9.43. The minimum absolute atomic E-state index is 0.0124. The Labute approximate surface area is 216 Å². The number of anilines is 1. The third-order valence-electron chi connectivity index (χ3n) is 7.50. The van der Waals surface area contributed by atoms with Gasteiger partial charge in [-0.3, -0.25) is 9.59 Å². The minimum Gasteiger partial charge on any atom is -0.493 e. The first kappa shape index (κ1) is 23.0. The topological polar surface area (TPSA) is 80.4 Å². The van der Waals surface area contributed by atoms with Crippen LogP contribution in [0.15, 0.2) is 52.3 Å². The summed E-state index contributed by atoms with van der Waals surface area (Å²) >= 11 is 9.12. The zero-order valence-corrected chi connectivity index (χ0v) is 21.5. The maximum Gasteiger partial charge on any atom is 0.305 e. The van der Waals surface area contributed by atoms with Crippen LogP contribution in [0.25, 0.3) is 0 Å².